The van der Waals surface area contributed by atoms with Crippen molar-refractivity contribution in [2.45, 2.75) is 45.8 Å². The third-order valence-corrected chi connectivity index (χ3v) is 3.69. The molecule has 94 valence electrons. The summed E-state index contributed by atoms with van der Waals surface area (Å²) in [5, 5.41) is 9.46. The van der Waals surface area contributed by atoms with Gasteiger partial charge in [-0.1, -0.05) is 13.0 Å². The Labute approximate surface area is 103 Å². The molecule has 1 N–H and O–H groups in total. The topological polar surface area (TPSA) is 36.4 Å². The molecule has 2 unspecified atom stereocenters. The molecule has 1 aliphatic rings. The fourth-order valence-electron chi connectivity index (χ4n) is 2.56. The summed E-state index contributed by atoms with van der Waals surface area (Å²) in [6, 6.07) is 4.55. The molecule has 2 rings (SSSR count). The number of aliphatic hydroxyl groups excluding tert-OH is 1. The summed E-state index contributed by atoms with van der Waals surface area (Å²) in [5.41, 5.74) is 0.881. The molecule has 1 saturated heterocycles. The normalized spacial score (nSPS) is 26.9. The van der Waals surface area contributed by atoms with Crippen LogP contribution in [0, 0.1) is 5.92 Å². The lowest BCUT2D eigenvalue weighted by molar-refractivity contribution is 0.199. The molecule has 0 spiro atoms. The van der Waals surface area contributed by atoms with Gasteiger partial charge in [-0.05, 0) is 44.2 Å². The summed E-state index contributed by atoms with van der Waals surface area (Å²) in [6.07, 6.45) is 3.82. The molecule has 3 heteroatoms. The standard InChI is InChI=1S/C14H22N2O/c1-10-6-7-16(11(2)8-10)14-5-4-13(9-15-14)12(3)17/h4-5,9-12,17H,6-8H2,1-3H3/t10?,11?,12-/m1/s1. The van der Waals surface area contributed by atoms with E-state index in [4.69, 9.17) is 0 Å². The summed E-state index contributed by atoms with van der Waals surface area (Å²) >= 11 is 0. The molecule has 0 aromatic carbocycles. The van der Waals surface area contributed by atoms with Crippen molar-refractivity contribution in [3.05, 3.63) is 23.9 Å². The number of anilines is 1. The molecule has 0 bridgehead atoms. The fraction of sp³-hybridized carbons (Fsp3) is 0.643. The SMILES string of the molecule is CC1CCN(c2ccc([C@@H](C)O)cn2)C(C)C1. The molecule has 0 radical (unpaired) electrons. The molecule has 0 aliphatic carbocycles. The van der Waals surface area contributed by atoms with Gasteiger partial charge in [0, 0.05) is 18.8 Å². The highest BCUT2D eigenvalue weighted by atomic mass is 16.3. The molecule has 2 heterocycles. The Morgan fingerprint density at radius 3 is 2.71 bits per heavy atom. The molecule has 1 aromatic heterocycles. The van der Waals surface area contributed by atoms with Crippen LogP contribution in [0.4, 0.5) is 5.82 Å². The third kappa shape index (κ3) is 2.78. The highest BCUT2D eigenvalue weighted by Crippen LogP contribution is 2.26. The average Bonchev–Trinajstić information content (AvgIpc) is 2.29. The number of piperidine rings is 1. The Balaban J connectivity index is 2.11. The zero-order valence-electron chi connectivity index (χ0n) is 10.9. The number of pyridine rings is 1. The molecular weight excluding hydrogens is 212 g/mol. The van der Waals surface area contributed by atoms with Crippen LogP contribution in [0.5, 0.6) is 0 Å². The molecular formula is C14H22N2O. The van der Waals surface area contributed by atoms with Crippen molar-refractivity contribution in [2.75, 3.05) is 11.4 Å². The van der Waals surface area contributed by atoms with Crippen LogP contribution < -0.4 is 4.90 Å². The van der Waals surface area contributed by atoms with E-state index in [2.05, 4.69) is 23.7 Å². The van der Waals surface area contributed by atoms with Crippen molar-refractivity contribution < 1.29 is 5.11 Å². The summed E-state index contributed by atoms with van der Waals surface area (Å²) in [4.78, 5) is 6.83. The number of hydrogen-bond donors (Lipinski definition) is 1. The Morgan fingerprint density at radius 2 is 2.18 bits per heavy atom. The van der Waals surface area contributed by atoms with Crippen molar-refractivity contribution >= 4 is 5.82 Å². The summed E-state index contributed by atoms with van der Waals surface area (Å²) in [7, 11) is 0. The number of aliphatic hydroxyl groups is 1. The molecule has 3 nitrogen and oxygen atoms in total. The average molecular weight is 234 g/mol. The van der Waals surface area contributed by atoms with Crippen LogP contribution in [0.15, 0.2) is 18.3 Å². The van der Waals surface area contributed by atoms with E-state index in [0.717, 1.165) is 23.8 Å². The van der Waals surface area contributed by atoms with E-state index in [-0.39, 0.29) is 0 Å². The van der Waals surface area contributed by atoms with Gasteiger partial charge in [-0.15, -0.1) is 0 Å². The van der Waals surface area contributed by atoms with Gasteiger partial charge >= 0.3 is 0 Å². The Hall–Kier alpha value is -1.09. The number of hydrogen-bond acceptors (Lipinski definition) is 3. The first-order valence-corrected chi connectivity index (χ1v) is 6.48. The summed E-state index contributed by atoms with van der Waals surface area (Å²) in [6.45, 7) is 7.43. The van der Waals surface area contributed by atoms with Crippen molar-refractivity contribution in [1.82, 2.24) is 4.98 Å². The smallest absolute Gasteiger partial charge is 0.128 e. The van der Waals surface area contributed by atoms with Crippen LogP contribution in [-0.4, -0.2) is 22.7 Å². The van der Waals surface area contributed by atoms with Gasteiger partial charge in [-0.3, -0.25) is 0 Å². The molecule has 0 amide bonds. The first-order chi connectivity index (χ1) is 8.08. The van der Waals surface area contributed by atoms with Crippen LogP contribution in [0.25, 0.3) is 0 Å². The van der Waals surface area contributed by atoms with E-state index in [1.165, 1.54) is 12.8 Å². The minimum Gasteiger partial charge on any atom is -0.389 e. The van der Waals surface area contributed by atoms with Crippen LogP contribution in [0.1, 0.15) is 45.3 Å². The van der Waals surface area contributed by atoms with Crippen LogP contribution in [-0.2, 0) is 0 Å². The zero-order valence-corrected chi connectivity index (χ0v) is 10.9. The second kappa shape index (κ2) is 5.05. The lowest BCUT2D eigenvalue weighted by Gasteiger charge is -2.37. The third-order valence-electron chi connectivity index (χ3n) is 3.69. The largest absolute Gasteiger partial charge is 0.389 e. The van der Waals surface area contributed by atoms with Gasteiger partial charge in [0.2, 0.25) is 0 Å². The fourth-order valence-corrected chi connectivity index (χ4v) is 2.56. The van der Waals surface area contributed by atoms with Crippen LogP contribution in [0.3, 0.4) is 0 Å². The quantitative estimate of drug-likeness (QED) is 0.854. The first kappa shape index (κ1) is 12.4. The first-order valence-electron chi connectivity index (χ1n) is 6.48. The Kier molecular flexibility index (Phi) is 3.67. The van der Waals surface area contributed by atoms with E-state index in [0.29, 0.717) is 6.04 Å². The van der Waals surface area contributed by atoms with Gasteiger partial charge in [-0.25, -0.2) is 4.98 Å². The van der Waals surface area contributed by atoms with E-state index in [1.807, 2.05) is 12.1 Å². The van der Waals surface area contributed by atoms with E-state index in [9.17, 15) is 5.11 Å². The van der Waals surface area contributed by atoms with Crippen molar-refractivity contribution in [3.8, 4) is 0 Å². The summed E-state index contributed by atoms with van der Waals surface area (Å²) < 4.78 is 0. The van der Waals surface area contributed by atoms with Gasteiger partial charge in [0.15, 0.2) is 0 Å². The van der Waals surface area contributed by atoms with Crippen LogP contribution >= 0.6 is 0 Å². The van der Waals surface area contributed by atoms with Crippen LogP contribution in [0.2, 0.25) is 0 Å². The number of aromatic nitrogens is 1. The van der Waals surface area contributed by atoms with Crippen molar-refractivity contribution in [3.63, 3.8) is 0 Å². The van der Waals surface area contributed by atoms with Gasteiger partial charge in [0.05, 0.1) is 6.10 Å². The predicted octanol–water partition coefficient (Wildman–Crippen LogP) is 2.76. The molecule has 1 aliphatic heterocycles. The molecule has 1 aromatic rings. The maximum atomic E-state index is 9.46. The molecule has 3 atom stereocenters. The predicted molar refractivity (Wildman–Crippen MR) is 70.1 cm³/mol. The van der Waals surface area contributed by atoms with E-state index in [1.54, 1.807) is 13.1 Å². The lowest BCUT2D eigenvalue weighted by Crippen LogP contribution is -2.40. The molecule has 17 heavy (non-hydrogen) atoms. The second-order valence-corrected chi connectivity index (χ2v) is 5.30. The van der Waals surface area contributed by atoms with Gasteiger partial charge in [0.1, 0.15) is 5.82 Å². The lowest BCUT2D eigenvalue weighted by atomic mass is 9.93. The monoisotopic (exact) mass is 234 g/mol. The molecule has 0 saturated carbocycles. The number of nitrogens with zero attached hydrogens (tertiary/aromatic N) is 2. The highest BCUT2D eigenvalue weighted by molar-refractivity contribution is 5.41. The van der Waals surface area contributed by atoms with Crippen molar-refractivity contribution in [1.29, 1.82) is 0 Å². The minimum absolute atomic E-state index is 0.435. The Bertz CT molecular complexity index is 361. The van der Waals surface area contributed by atoms with Gasteiger partial charge in [-0.2, -0.15) is 0 Å². The highest BCUT2D eigenvalue weighted by Gasteiger charge is 2.23. The Morgan fingerprint density at radius 1 is 1.41 bits per heavy atom. The molecule has 1 fully saturated rings. The van der Waals surface area contributed by atoms with Gasteiger partial charge < -0.3 is 10.0 Å². The maximum absolute atomic E-state index is 9.46. The summed E-state index contributed by atoms with van der Waals surface area (Å²) in [5.74, 6) is 1.85. The second-order valence-electron chi connectivity index (χ2n) is 5.30. The van der Waals surface area contributed by atoms with Gasteiger partial charge in [0.25, 0.3) is 0 Å². The zero-order chi connectivity index (χ0) is 12.4. The van der Waals surface area contributed by atoms with Crippen molar-refractivity contribution in [2.24, 2.45) is 5.92 Å². The maximum Gasteiger partial charge on any atom is 0.128 e. The van der Waals surface area contributed by atoms with E-state index >= 15 is 0 Å². The van der Waals surface area contributed by atoms with E-state index < -0.39 is 6.10 Å². The minimum atomic E-state index is -0.435. The number of rotatable bonds is 2.